The summed E-state index contributed by atoms with van der Waals surface area (Å²) in [4.78, 5) is 0. The molecule has 1 aromatic heterocycles. The highest BCUT2D eigenvalue weighted by Gasteiger charge is 2.25. The molecular weight excluding hydrogens is 302 g/mol. The number of benzene rings is 1. The number of halogens is 1. The molecule has 2 aromatic rings. The van der Waals surface area contributed by atoms with E-state index < -0.39 is 5.60 Å². The van der Waals surface area contributed by atoms with Gasteiger partial charge in [0.25, 0.3) is 0 Å². The molecule has 5 nitrogen and oxygen atoms in total. The molecule has 0 saturated heterocycles. The molecule has 0 bridgehead atoms. The summed E-state index contributed by atoms with van der Waals surface area (Å²) in [6.45, 7) is 4.15. The van der Waals surface area contributed by atoms with E-state index in [1.165, 1.54) is 0 Å². The fourth-order valence-electron chi connectivity index (χ4n) is 2.31. The topological polar surface area (TPSA) is 59.3 Å². The van der Waals surface area contributed by atoms with E-state index in [-0.39, 0.29) is 6.04 Å². The number of ether oxygens (including phenoxy) is 1. The summed E-state index contributed by atoms with van der Waals surface area (Å²) < 4.78 is 7.04. The van der Waals surface area contributed by atoms with Gasteiger partial charge in [0.2, 0.25) is 0 Å². The molecule has 2 rings (SSSR count). The molecule has 0 spiro atoms. The second kappa shape index (κ2) is 6.69. The lowest BCUT2D eigenvalue weighted by Gasteiger charge is -2.26. The lowest BCUT2D eigenvalue weighted by molar-refractivity contribution is 0.0542. The average Bonchev–Trinajstić information content (AvgIpc) is 2.92. The van der Waals surface area contributed by atoms with Crippen LogP contribution >= 0.6 is 11.6 Å². The van der Waals surface area contributed by atoms with E-state index in [1.54, 1.807) is 31.0 Å². The third-order valence-corrected chi connectivity index (χ3v) is 3.97. The van der Waals surface area contributed by atoms with E-state index in [4.69, 9.17) is 16.3 Å². The van der Waals surface area contributed by atoms with Crippen LogP contribution < -0.4 is 10.1 Å². The number of rotatable bonds is 6. The fourth-order valence-corrected chi connectivity index (χ4v) is 2.49. The van der Waals surface area contributed by atoms with E-state index in [1.807, 2.05) is 32.3 Å². The Bertz CT molecular complexity index is 640. The van der Waals surface area contributed by atoms with Gasteiger partial charge in [-0.1, -0.05) is 11.6 Å². The van der Waals surface area contributed by atoms with Gasteiger partial charge < -0.3 is 15.2 Å². The van der Waals surface area contributed by atoms with E-state index in [2.05, 4.69) is 10.4 Å². The van der Waals surface area contributed by atoms with Gasteiger partial charge in [0.05, 0.1) is 13.3 Å². The highest BCUT2D eigenvalue weighted by Crippen LogP contribution is 2.29. The molecule has 0 saturated carbocycles. The molecule has 0 unspecified atom stereocenters. The number of nitrogens with one attached hydrogen (secondary N) is 1. The first-order chi connectivity index (χ1) is 10.3. The Morgan fingerprint density at radius 2 is 2.23 bits per heavy atom. The van der Waals surface area contributed by atoms with Crippen molar-refractivity contribution in [2.45, 2.75) is 25.5 Å². The van der Waals surface area contributed by atoms with Crippen molar-refractivity contribution in [2.75, 3.05) is 13.7 Å². The minimum Gasteiger partial charge on any atom is -0.496 e. The summed E-state index contributed by atoms with van der Waals surface area (Å²) in [7, 11) is 3.46. The third kappa shape index (κ3) is 3.80. The van der Waals surface area contributed by atoms with Gasteiger partial charge >= 0.3 is 0 Å². The summed E-state index contributed by atoms with van der Waals surface area (Å²) >= 11 is 6.06. The molecule has 2 N–H and O–H groups in total. The van der Waals surface area contributed by atoms with Gasteiger partial charge in [0.15, 0.2) is 0 Å². The highest BCUT2D eigenvalue weighted by atomic mass is 35.5. The van der Waals surface area contributed by atoms with Crippen LogP contribution in [0.1, 0.15) is 31.0 Å². The number of hydrogen-bond donors (Lipinski definition) is 2. The van der Waals surface area contributed by atoms with Crippen molar-refractivity contribution >= 4 is 11.6 Å². The fraction of sp³-hybridized carbons (Fsp3) is 0.438. The van der Waals surface area contributed by atoms with E-state index in [9.17, 15) is 5.11 Å². The molecular formula is C16H22ClN3O2. The van der Waals surface area contributed by atoms with Crippen LogP contribution in [0.3, 0.4) is 0 Å². The number of nitrogens with zero attached hydrogens (tertiary/aromatic N) is 2. The first-order valence-electron chi connectivity index (χ1n) is 7.12. The van der Waals surface area contributed by atoms with Crippen LogP contribution in [0.15, 0.2) is 30.6 Å². The van der Waals surface area contributed by atoms with Crippen LogP contribution in [-0.4, -0.2) is 28.5 Å². The van der Waals surface area contributed by atoms with Crippen LogP contribution in [-0.2, 0) is 12.6 Å². The summed E-state index contributed by atoms with van der Waals surface area (Å²) in [5.74, 6) is 0.769. The monoisotopic (exact) mass is 323 g/mol. The molecule has 0 amide bonds. The molecule has 0 aliphatic heterocycles. The van der Waals surface area contributed by atoms with Crippen molar-refractivity contribution in [3.63, 3.8) is 0 Å². The van der Waals surface area contributed by atoms with Crippen LogP contribution in [0.5, 0.6) is 5.75 Å². The maximum absolute atomic E-state index is 10.6. The zero-order chi connectivity index (χ0) is 16.3. The predicted octanol–water partition coefficient (Wildman–Crippen LogP) is 2.64. The second-order valence-corrected chi connectivity index (χ2v) is 6.10. The predicted molar refractivity (Wildman–Crippen MR) is 87.2 cm³/mol. The summed E-state index contributed by atoms with van der Waals surface area (Å²) in [5.41, 5.74) is 0.721. The van der Waals surface area contributed by atoms with Gasteiger partial charge in [-0.05, 0) is 32.0 Å². The Hall–Kier alpha value is -1.56. The first-order valence-corrected chi connectivity index (χ1v) is 7.49. The van der Waals surface area contributed by atoms with Gasteiger partial charge in [0, 0.05) is 42.0 Å². The highest BCUT2D eigenvalue weighted by molar-refractivity contribution is 6.30. The van der Waals surface area contributed by atoms with E-state index >= 15 is 0 Å². The van der Waals surface area contributed by atoms with Crippen LogP contribution in [0.2, 0.25) is 5.02 Å². The standard InChI is InChI=1S/C16H22ClN3O2/c1-11(14-7-13(17)5-6-15(14)22-4)18-10-16(2,21)12-8-19-20(3)9-12/h5-9,11,18,21H,10H2,1-4H3/t11-,16+/m1/s1. The maximum Gasteiger partial charge on any atom is 0.123 e. The van der Waals surface area contributed by atoms with Gasteiger partial charge in [-0.3, -0.25) is 4.68 Å². The summed E-state index contributed by atoms with van der Waals surface area (Å²) in [6, 6.07) is 5.49. The maximum atomic E-state index is 10.6. The van der Waals surface area contributed by atoms with Crippen molar-refractivity contribution in [3.8, 4) is 5.75 Å². The molecule has 0 radical (unpaired) electrons. The number of aryl methyl sites for hydroxylation is 1. The molecule has 22 heavy (non-hydrogen) atoms. The smallest absolute Gasteiger partial charge is 0.123 e. The Morgan fingerprint density at radius 1 is 1.50 bits per heavy atom. The molecule has 1 heterocycles. The largest absolute Gasteiger partial charge is 0.496 e. The normalized spacial score (nSPS) is 15.4. The quantitative estimate of drug-likeness (QED) is 0.858. The number of aromatic nitrogens is 2. The molecule has 120 valence electrons. The van der Waals surface area contributed by atoms with E-state index in [0.717, 1.165) is 16.9 Å². The van der Waals surface area contributed by atoms with Crippen molar-refractivity contribution in [3.05, 3.63) is 46.7 Å². The SMILES string of the molecule is COc1ccc(Cl)cc1[C@@H](C)NC[C@](C)(O)c1cnn(C)c1. The lowest BCUT2D eigenvalue weighted by Crippen LogP contribution is -2.36. The van der Waals surface area contributed by atoms with Crippen LogP contribution in [0, 0.1) is 0 Å². The molecule has 0 aliphatic carbocycles. The molecule has 2 atom stereocenters. The van der Waals surface area contributed by atoms with Gasteiger partial charge in [0.1, 0.15) is 11.4 Å². The van der Waals surface area contributed by atoms with E-state index in [0.29, 0.717) is 11.6 Å². The Kier molecular flexibility index (Phi) is 5.11. The minimum absolute atomic E-state index is 0.0169. The lowest BCUT2D eigenvalue weighted by atomic mass is 9.98. The van der Waals surface area contributed by atoms with Gasteiger partial charge in [-0.2, -0.15) is 5.10 Å². The number of methoxy groups -OCH3 is 1. The zero-order valence-electron chi connectivity index (χ0n) is 13.3. The average molecular weight is 324 g/mol. The first kappa shape index (κ1) is 16.8. The van der Waals surface area contributed by atoms with Crippen molar-refractivity contribution in [1.29, 1.82) is 0 Å². The van der Waals surface area contributed by atoms with Crippen molar-refractivity contribution in [2.24, 2.45) is 7.05 Å². The molecule has 6 heteroatoms. The Morgan fingerprint density at radius 3 is 2.82 bits per heavy atom. The molecule has 0 fully saturated rings. The Balaban J connectivity index is 2.09. The zero-order valence-corrected chi connectivity index (χ0v) is 14.1. The molecule has 0 aliphatic rings. The van der Waals surface area contributed by atoms with Gasteiger partial charge in [-0.15, -0.1) is 0 Å². The van der Waals surface area contributed by atoms with Crippen LogP contribution in [0.25, 0.3) is 0 Å². The Labute approximate surface area is 135 Å². The number of aliphatic hydroxyl groups is 1. The minimum atomic E-state index is -1.01. The van der Waals surface area contributed by atoms with Crippen molar-refractivity contribution < 1.29 is 9.84 Å². The van der Waals surface area contributed by atoms with Crippen molar-refractivity contribution in [1.82, 2.24) is 15.1 Å². The number of hydrogen-bond acceptors (Lipinski definition) is 4. The third-order valence-electron chi connectivity index (χ3n) is 3.74. The van der Waals surface area contributed by atoms with Crippen LogP contribution in [0.4, 0.5) is 0 Å². The summed E-state index contributed by atoms with van der Waals surface area (Å²) in [6.07, 6.45) is 3.48. The summed E-state index contributed by atoms with van der Waals surface area (Å²) in [5, 5.41) is 18.7. The molecule has 1 aromatic carbocycles. The second-order valence-electron chi connectivity index (χ2n) is 5.67. The van der Waals surface area contributed by atoms with Gasteiger partial charge in [-0.25, -0.2) is 0 Å².